The fraction of sp³-hybridized carbons (Fsp3) is 0.679. The van der Waals surface area contributed by atoms with Crippen molar-refractivity contribution >= 4 is 23.6 Å². The third-order valence-corrected chi connectivity index (χ3v) is 8.40. The monoisotopic (exact) mass is 497 g/mol. The number of benzene rings is 1. The highest BCUT2D eigenvalue weighted by atomic mass is 16.5. The quantitative estimate of drug-likeness (QED) is 0.444. The Morgan fingerprint density at radius 1 is 1.14 bits per heavy atom. The molecule has 2 aliphatic carbocycles. The lowest BCUT2D eigenvalue weighted by atomic mass is 9.75. The second-order valence-electron chi connectivity index (χ2n) is 11.0. The highest BCUT2D eigenvalue weighted by Crippen LogP contribution is 2.39. The van der Waals surface area contributed by atoms with Crippen molar-refractivity contribution in [1.29, 1.82) is 0 Å². The number of rotatable bonds is 9. The largest absolute Gasteiger partial charge is 0.495 e. The van der Waals surface area contributed by atoms with Crippen molar-refractivity contribution in [1.82, 2.24) is 10.2 Å². The average Bonchev–Trinajstić information content (AvgIpc) is 3.08. The minimum atomic E-state index is -0.750. The van der Waals surface area contributed by atoms with Crippen LogP contribution in [0.5, 0.6) is 5.75 Å². The number of amides is 3. The molecule has 4 N–H and O–H groups in total. The van der Waals surface area contributed by atoms with E-state index in [1.165, 1.54) is 43.4 Å². The summed E-state index contributed by atoms with van der Waals surface area (Å²) in [6.07, 6.45) is 14.2. The molecule has 36 heavy (non-hydrogen) atoms. The first-order chi connectivity index (χ1) is 17.4. The summed E-state index contributed by atoms with van der Waals surface area (Å²) in [6.45, 7) is 0. The molecule has 0 unspecified atom stereocenters. The van der Waals surface area contributed by atoms with Gasteiger partial charge in [0, 0.05) is 13.1 Å². The van der Waals surface area contributed by atoms with Crippen LogP contribution in [0, 0.1) is 11.8 Å². The lowest BCUT2D eigenvalue weighted by Gasteiger charge is -2.35. The molecular formula is C28H43N5O3. The van der Waals surface area contributed by atoms with Gasteiger partial charge in [-0.15, -0.1) is 0 Å². The number of carbonyl (C=O) groups excluding carboxylic acids is 2. The molecule has 3 amide bonds. The van der Waals surface area contributed by atoms with E-state index in [0.717, 1.165) is 44.4 Å². The molecule has 1 aromatic carbocycles. The van der Waals surface area contributed by atoms with Crippen molar-refractivity contribution in [2.75, 3.05) is 19.5 Å². The van der Waals surface area contributed by atoms with Crippen LogP contribution in [0.4, 0.5) is 10.5 Å². The molecule has 8 heteroatoms. The van der Waals surface area contributed by atoms with E-state index in [2.05, 4.69) is 10.6 Å². The fourth-order valence-corrected chi connectivity index (χ4v) is 6.49. The first-order valence-corrected chi connectivity index (χ1v) is 13.7. The Hall–Kier alpha value is -2.77. The standard InChI is InChI=1S/C28H43N5O3/c1-33-25(34)28(32-26(33)29,17-9-13-20-10-4-3-5-11-20)19-21-12-8-14-22(18-21)30-27(35)31-23-15-6-7-16-24(23)36-2/h6-7,15-16,20-22H,3-5,8-14,17-19H2,1-2H3,(H2,29,32)(H2,30,31,35)/t21-,22+,28+/m0/s1. The second kappa shape index (κ2) is 12.0. The summed E-state index contributed by atoms with van der Waals surface area (Å²) in [5.74, 6) is 2.10. The maximum Gasteiger partial charge on any atom is 0.319 e. The summed E-state index contributed by atoms with van der Waals surface area (Å²) in [5, 5.41) is 6.05. The zero-order chi connectivity index (χ0) is 25.5. The summed E-state index contributed by atoms with van der Waals surface area (Å²) in [4.78, 5) is 32.4. The molecule has 0 saturated heterocycles. The van der Waals surface area contributed by atoms with E-state index < -0.39 is 5.54 Å². The summed E-state index contributed by atoms with van der Waals surface area (Å²) >= 11 is 0. The van der Waals surface area contributed by atoms with E-state index in [-0.39, 0.29) is 18.0 Å². The zero-order valence-corrected chi connectivity index (χ0v) is 21.9. The molecule has 0 radical (unpaired) electrons. The highest BCUT2D eigenvalue weighted by molar-refractivity contribution is 6.06. The third-order valence-electron chi connectivity index (χ3n) is 8.40. The highest BCUT2D eigenvalue weighted by Gasteiger charge is 2.47. The molecule has 1 aromatic rings. The van der Waals surface area contributed by atoms with Crippen molar-refractivity contribution in [3.05, 3.63) is 24.3 Å². The number of nitrogens with two attached hydrogens (primary N) is 1. The number of para-hydroxylation sites is 2. The number of nitrogens with one attached hydrogen (secondary N) is 2. The van der Waals surface area contributed by atoms with Crippen molar-refractivity contribution < 1.29 is 14.3 Å². The molecule has 2 fully saturated rings. The molecule has 4 rings (SSSR count). The van der Waals surface area contributed by atoms with Crippen LogP contribution in [0.25, 0.3) is 0 Å². The molecule has 3 atom stereocenters. The molecule has 8 nitrogen and oxygen atoms in total. The van der Waals surface area contributed by atoms with Gasteiger partial charge in [0.25, 0.3) is 5.91 Å². The number of anilines is 1. The molecule has 198 valence electrons. The predicted molar refractivity (Wildman–Crippen MR) is 143 cm³/mol. The van der Waals surface area contributed by atoms with Crippen LogP contribution in [-0.4, -0.2) is 48.5 Å². The predicted octanol–water partition coefficient (Wildman–Crippen LogP) is 5.04. The number of nitrogens with zero attached hydrogens (tertiary/aromatic N) is 2. The number of hydrogen-bond acceptors (Lipinski definition) is 5. The Kier molecular flexibility index (Phi) is 8.75. The summed E-state index contributed by atoms with van der Waals surface area (Å²) in [5.41, 5.74) is 6.03. The first-order valence-electron chi connectivity index (χ1n) is 13.7. The lowest BCUT2D eigenvalue weighted by Crippen LogP contribution is -2.45. The molecule has 0 aromatic heterocycles. The molecule has 3 aliphatic rings. The average molecular weight is 498 g/mol. The van der Waals surface area contributed by atoms with Crippen LogP contribution in [-0.2, 0) is 4.79 Å². The van der Waals surface area contributed by atoms with Gasteiger partial charge in [0.15, 0.2) is 5.96 Å². The van der Waals surface area contributed by atoms with Gasteiger partial charge >= 0.3 is 6.03 Å². The zero-order valence-electron chi connectivity index (χ0n) is 21.9. The number of carbonyl (C=O) groups is 2. The van der Waals surface area contributed by atoms with Gasteiger partial charge in [-0.05, 0) is 49.7 Å². The Balaban J connectivity index is 1.35. The number of aliphatic imine (C=N–C) groups is 1. The molecule has 1 aliphatic heterocycles. The topological polar surface area (TPSA) is 109 Å². The van der Waals surface area contributed by atoms with Crippen molar-refractivity contribution in [3.63, 3.8) is 0 Å². The van der Waals surface area contributed by atoms with E-state index in [1.54, 1.807) is 14.2 Å². The maximum absolute atomic E-state index is 13.4. The van der Waals surface area contributed by atoms with E-state index in [9.17, 15) is 9.59 Å². The van der Waals surface area contributed by atoms with Gasteiger partial charge in [0.2, 0.25) is 0 Å². The van der Waals surface area contributed by atoms with E-state index in [4.69, 9.17) is 15.5 Å². The number of ether oxygens (including phenoxy) is 1. The molecule has 2 saturated carbocycles. The van der Waals surface area contributed by atoms with Gasteiger partial charge < -0.3 is 21.1 Å². The SMILES string of the molecule is COc1ccccc1NC(=O)N[C@@H]1CCC[C@H](C[C@@]2(CCCC3CCCCC3)N=C(N)N(C)C2=O)C1. The van der Waals surface area contributed by atoms with Crippen LogP contribution in [0.15, 0.2) is 29.3 Å². The summed E-state index contributed by atoms with van der Waals surface area (Å²) < 4.78 is 5.34. The molecule has 0 spiro atoms. The third kappa shape index (κ3) is 6.31. The van der Waals surface area contributed by atoms with E-state index in [1.807, 2.05) is 24.3 Å². The minimum absolute atomic E-state index is 0.0349. The van der Waals surface area contributed by atoms with Gasteiger partial charge in [-0.3, -0.25) is 9.69 Å². The first kappa shape index (κ1) is 26.3. The van der Waals surface area contributed by atoms with Crippen LogP contribution >= 0.6 is 0 Å². The van der Waals surface area contributed by atoms with Crippen molar-refractivity contribution in [3.8, 4) is 5.75 Å². The van der Waals surface area contributed by atoms with Crippen LogP contribution < -0.4 is 21.1 Å². The smallest absolute Gasteiger partial charge is 0.319 e. The van der Waals surface area contributed by atoms with E-state index in [0.29, 0.717) is 29.7 Å². The maximum atomic E-state index is 13.4. The molecule has 1 heterocycles. The Morgan fingerprint density at radius 2 is 1.89 bits per heavy atom. The second-order valence-corrected chi connectivity index (χ2v) is 11.0. The summed E-state index contributed by atoms with van der Waals surface area (Å²) in [6, 6.07) is 7.21. The fourth-order valence-electron chi connectivity index (χ4n) is 6.49. The van der Waals surface area contributed by atoms with Gasteiger partial charge in [-0.25, -0.2) is 9.79 Å². The lowest BCUT2D eigenvalue weighted by molar-refractivity contribution is -0.131. The van der Waals surface area contributed by atoms with Crippen LogP contribution in [0.3, 0.4) is 0 Å². The Labute approximate surface area is 215 Å². The number of hydrogen-bond donors (Lipinski definition) is 3. The van der Waals surface area contributed by atoms with Gasteiger partial charge in [0.1, 0.15) is 11.3 Å². The number of guanidine groups is 1. The van der Waals surface area contributed by atoms with Crippen molar-refractivity contribution in [2.45, 2.75) is 95.1 Å². The Morgan fingerprint density at radius 3 is 2.61 bits per heavy atom. The Bertz CT molecular complexity index is 945. The van der Waals surface area contributed by atoms with E-state index >= 15 is 0 Å². The van der Waals surface area contributed by atoms with Gasteiger partial charge in [-0.2, -0.15) is 0 Å². The van der Waals surface area contributed by atoms with Crippen LogP contribution in [0.1, 0.15) is 83.5 Å². The summed E-state index contributed by atoms with van der Waals surface area (Å²) in [7, 11) is 3.32. The number of methoxy groups -OCH3 is 1. The molecular weight excluding hydrogens is 454 g/mol. The molecule has 0 bridgehead atoms. The van der Waals surface area contributed by atoms with Crippen LogP contribution in [0.2, 0.25) is 0 Å². The normalized spacial score (nSPS) is 27.0. The van der Waals surface area contributed by atoms with Crippen molar-refractivity contribution in [2.24, 2.45) is 22.6 Å². The number of likely N-dealkylation sites (N-methyl/N-ethyl adjacent to an activating group) is 1. The number of urea groups is 1. The van der Waals surface area contributed by atoms with Gasteiger partial charge in [0.05, 0.1) is 12.8 Å². The minimum Gasteiger partial charge on any atom is -0.495 e. The van der Waals surface area contributed by atoms with Gasteiger partial charge in [-0.1, -0.05) is 69.9 Å².